The molecule has 27 heavy (non-hydrogen) atoms. The van der Waals surface area contributed by atoms with Gasteiger partial charge in [0.2, 0.25) is 9.84 Å². The molecule has 0 atom stereocenters. The molecule has 146 valence electrons. The summed E-state index contributed by atoms with van der Waals surface area (Å²) in [7, 11) is -4.66. The average molecular weight is 396 g/mol. The summed E-state index contributed by atoms with van der Waals surface area (Å²) in [5.41, 5.74) is 2.42. The molecular weight excluding hydrogens is 374 g/mol. The largest absolute Gasteiger partial charge is 0.370 e. The summed E-state index contributed by atoms with van der Waals surface area (Å²) in [6.45, 7) is 5.80. The molecule has 0 radical (unpaired) electrons. The van der Waals surface area contributed by atoms with Crippen LogP contribution < -0.4 is 10.2 Å². The van der Waals surface area contributed by atoms with Gasteiger partial charge in [-0.1, -0.05) is 12.1 Å². The monoisotopic (exact) mass is 396 g/mol. The number of nitrogens with one attached hydrogen (secondary N) is 1. The van der Waals surface area contributed by atoms with Crippen molar-refractivity contribution in [1.82, 2.24) is 5.32 Å². The highest BCUT2D eigenvalue weighted by atomic mass is 32.2. The number of carbonyl (C=O) groups is 1. The third-order valence-corrected chi connectivity index (χ3v) is 5.49. The Bertz CT molecular complexity index is 884. The van der Waals surface area contributed by atoms with Crippen molar-refractivity contribution in [3.63, 3.8) is 0 Å². The van der Waals surface area contributed by atoms with Crippen molar-refractivity contribution in [2.75, 3.05) is 24.5 Å². The van der Waals surface area contributed by atoms with Gasteiger partial charge in [-0.3, -0.25) is 4.79 Å². The molecule has 2 aromatic rings. The number of benzene rings is 2. The quantitative estimate of drug-likeness (QED) is 0.744. The molecule has 0 aliphatic rings. The first kappa shape index (κ1) is 20.8. The van der Waals surface area contributed by atoms with E-state index in [1.807, 2.05) is 32.0 Å². The van der Waals surface area contributed by atoms with Crippen LogP contribution in [0.2, 0.25) is 0 Å². The molecule has 0 aliphatic heterocycles. The number of hydrogen-bond acceptors (Lipinski definition) is 4. The van der Waals surface area contributed by atoms with Gasteiger partial charge in [-0.15, -0.1) is 0 Å². The highest BCUT2D eigenvalue weighted by Crippen LogP contribution is 2.18. The number of rotatable bonds is 8. The van der Waals surface area contributed by atoms with E-state index in [2.05, 4.69) is 16.3 Å². The number of aryl methyl sites for hydroxylation is 1. The van der Waals surface area contributed by atoms with Gasteiger partial charge in [-0.2, -0.15) is 8.78 Å². The van der Waals surface area contributed by atoms with Gasteiger partial charge in [0.05, 0.1) is 4.90 Å². The Kier molecular flexibility index (Phi) is 6.90. The molecular formula is C19H22F2N2O3S. The summed E-state index contributed by atoms with van der Waals surface area (Å²) in [5, 5.41) is 2.75. The van der Waals surface area contributed by atoms with Crippen LogP contribution in [0.25, 0.3) is 0 Å². The van der Waals surface area contributed by atoms with Crippen LogP contribution in [0.3, 0.4) is 0 Å². The number of halogens is 2. The van der Waals surface area contributed by atoms with Gasteiger partial charge in [-0.25, -0.2) is 8.42 Å². The van der Waals surface area contributed by atoms with Gasteiger partial charge in [0.1, 0.15) is 0 Å². The molecule has 0 aromatic heterocycles. The van der Waals surface area contributed by atoms with Crippen molar-refractivity contribution in [2.24, 2.45) is 0 Å². The van der Waals surface area contributed by atoms with E-state index in [1.54, 1.807) is 0 Å². The number of amides is 1. The van der Waals surface area contributed by atoms with Crippen molar-refractivity contribution >= 4 is 21.4 Å². The molecule has 0 saturated carbocycles. The van der Waals surface area contributed by atoms with Crippen LogP contribution in [0.15, 0.2) is 53.4 Å². The highest BCUT2D eigenvalue weighted by molar-refractivity contribution is 7.91. The highest BCUT2D eigenvalue weighted by Gasteiger charge is 2.26. The van der Waals surface area contributed by atoms with E-state index in [0.29, 0.717) is 13.1 Å². The lowest BCUT2D eigenvalue weighted by atomic mass is 10.2. The van der Waals surface area contributed by atoms with Crippen LogP contribution in [-0.2, 0) is 9.84 Å². The first-order valence-electron chi connectivity index (χ1n) is 8.47. The lowest BCUT2D eigenvalue weighted by Crippen LogP contribution is -2.35. The zero-order valence-electron chi connectivity index (χ0n) is 15.2. The molecule has 1 N–H and O–H groups in total. The second-order valence-electron chi connectivity index (χ2n) is 6.00. The van der Waals surface area contributed by atoms with E-state index >= 15 is 0 Å². The maximum absolute atomic E-state index is 12.5. The minimum Gasteiger partial charge on any atom is -0.370 e. The maximum Gasteiger partial charge on any atom is 0.341 e. The van der Waals surface area contributed by atoms with Gasteiger partial charge >= 0.3 is 5.76 Å². The number of alkyl halides is 2. The summed E-state index contributed by atoms with van der Waals surface area (Å²) in [4.78, 5) is 13.8. The number of likely N-dealkylation sites (N-methyl/N-ethyl adjacent to an activating group) is 1. The molecule has 0 spiro atoms. The maximum atomic E-state index is 12.5. The normalized spacial score (nSPS) is 11.4. The topological polar surface area (TPSA) is 66.5 Å². The van der Waals surface area contributed by atoms with E-state index in [9.17, 15) is 22.0 Å². The first-order valence-corrected chi connectivity index (χ1v) is 10.0. The van der Waals surface area contributed by atoms with Crippen molar-refractivity contribution in [2.45, 2.75) is 24.5 Å². The summed E-state index contributed by atoms with van der Waals surface area (Å²) in [6.07, 6.45) is 0. The number of anilines is 1. The molecule has 0 aliphatic carbocycles. The van der Waals surface area contributed by atoms with Gasteiger partial charge < -0.3 is 10.2 Å². The minimum absolute atomic E-state index is 0.210. The van der Waals surface area contributed by atoms with Crippen molar-refractivity contribution < 1.29 is 22.0 Å². The Morgan fingerprint density at radius 1 is 1.15 bits per heavy atom. The average Bonchev–Trinajstić information content (AvgIpc) is 2.65. The first-order chi connectivity index (χ1) is 12.8. The lowest BCUT2D eigenvalue weighted by molar-refractivity contribution is 0.0954. The molecule has 8 heteroatoms. The van der Waals surface area contributed by atoms with Crippen LogP contribution in [0.5, 0.6) is 0 Å². The van der Waals surface area contributed by atoms with Crippen molar-refractivity contribution in [3.05, 3.63) is 59.7 Å². The van der Waals surface area contributed by atoms with Crippen molar-refractivity contribution in [3.8, 4) is 0 Å². The molecule has 5 nitrogen and oxygen atoms in total. The summed E-state index contributed by atoms with van der Waals surface area (Å²) in [6, 6.07) is 12.5. The smallest absolute Gasteiger partial charge is 0.341 e. The Morgan fingerprint density at radius 2 is 1.81 bits per heavy atom. The van der Waals surface area contributed by atoms with Crippen LogP contribution in [0.1, 0.15) is 22.8 Å². The van der Waals surface area contributed by atoms with E-state index in [4.69, 9.17) is 0 Å². The SMILES string of the molecule is CCN(CCNC(=O)c1ccc(S(=O)(=O)C(F)F)cc1)c1cccc(C)c1. The van der Waals surface area contributed by atoms with E-state index in [0.717, 1.165) is 29.9 Å². The van der Waals surface area contributed by atoms with Crippen LogP contribution in [0, 0.1) is 6.92 Å². The zero-order valence-corrected chi connectivity index (χ0v) is 16.0. The molecule has 2 rings (SSSR count). The van der Waals surface area contributed by atoms with E-state index in [-0.39, 0.29) is 5.56 Å². The van der Waals surface area contributed by atoms with Gasteiger partial charge in [0.25, 0.3) is 5.91 Å². The van der Waals surface area contributed by atoms with Crippen LogP contribution >= 0.6 is 0 Å². The standard InChI is InChI=1S/C19H22F2N2O3S/c1-3-23(16-6-4-5-14(2)13-16)12-11-22-18(24)15-7-9-17(10-8-15)27(25,26)19(20)21/h4-10,13,19H,3,11-12H2,1-2H3,(H,22,24). The lowest BCUT2D eigenvalue weighted by Gasteiger charge is -2.23. The number of sulfone groups is 1. The van der Waals surface area contributed by atoms with E-state index < -0.39 is 26.4 Å². The number of carbonyl (C=O) groups excluding carboxylic acids is 1. The summed E-state index contributed by atoms with van der Waals surface area (Å²) >= 11 is 0. The Labute approximate surface area is 157 Å². The van der Waals surface area contributed by atoms with Crippen LogP contribution in [-0.4, -0.2) is 39.7 Å². The summed E-state index contributed by atoms with van der Waals surface area (Å²) < 4.78 is 47.8. The van der Waals surface area contributed by atoms with Crippen molar-refractivity contribution in [1.29, 1.82) is 0 Å². The molecule has 0 heterocycles. The zero-order chi connectivity index (χ0) is 20.0. The van der Waals surface area contributed by atoms with Crippen LogP contribution in [0.4, 0.5) is 14.5 Å². The second kappa shape index (κ2) is 8.94. The molecule has 0 fully saturated rings. The molecule has 2 aromatic carbocycles. The Morgan fingerprint density at radius 3 is 2.37 bits per heavy atom. The van der Waals surface area contributed by atoms with Gasteiger partial charge in [0.15, 0.2) is 0 Å². The van der Waals surface area contributed by atoms with Gasteiger partial charge in [-0.05, 0) is 55.8 Å². The fourth-order valence-electron chi connectivity index (χ4n) is 2.60. The predicted octanol–water partition coefficient (Wildman–Crippen LogP) is 3.25. The molecule has 0 bridgehead atoms. The molecule has 1 amide bonds. The second-order valence-corrected chi connectivity index (χ2v) is 7.92. The fourth-order valence-corrected chi connectivity index (χ4v) is 3.32. The third-order valence-electron chi connectivity index (χ3n) is 4.10. The number of hydrogen-bond donors (Lipinski definition) is 1. The fraction of sp³-hybridized carbons (Fsp3) is 0.316. The minimum atomic E-state index is -4.66. The predicted molar refractivity (Wildman–Crippen MR) is 101 cm³/mol. The third kappa shape index (κ3) is 5.26. The van der Waals surface area contributed by atoms with E-state index in [1.165, 1.54) is 12.1 Å². The molecule has 0 unspecified atom stereocenters. The number of nitrogens with zero attached hydrogens (tertiary/aromatic N) is 1. The summed E-state index contributed by atoms with van der Waals surface area (Å²) in [5.74, 6) is -3.88. The Balaban J connectivity index is 1.95. The molecule has 0 saturated heterocycles. The Hall–Kier alpha value is -2.48. The van der Waals surface area contributed by atoms with Gasteiger partial charge in [0, 0.05) is 30.9 Å².